The summed E-state index contributed by atoms with van der Waals surface area (Å²) in [5, 5.41) is 9.39. The summed E-state index contributed by atoms with van der Waals surface area (Å²) in [4.78, 5) is 0. The second-order valence-electron chi connectivity index (χ2n) is 2.10. The first kappa shape index (κ1) is 8.13. The fourth-order valence-corrected chi connectivity index (χ4v) is 0.993. The Morgan fingerprint density at radius 3 is 2.82 bits per heavy atom. The molecule has 0 radical (unpaired) electrons. The van der Waals surface area contributed by atoms with E-state index >= 15 is 0 Å². The summed E-state index contributed by atoms with van der Waals surface area (Å²) in [6.07, 6.45) is 5.18. The van der Waals surface area contributed by atoms with Crippen LogP contribution in [-0.2, 0) is 6.61 Å². The minimum atomic E-state index is -0.0449. The standard InChI is InChI=1S/C9H7ClO/c1-2-7-5-9(10)4-3-8(7)6-11/h1,3-5,11H,6H2. The highest BCUT2D eigenvalue weighted by molar-refractivity contribution is 6.30. The zero-order valence-corrected chi connectivity index (χ0v) is 6.60. The van der Waals surface area contributed by atoms with E-state index in [9.17, 15) is 0 Å². The molecule has 0 heterocycles. The molecular weight excluding hydrogens is 160 g/mol. The minimum absolute atomic E-state index is 0.0449. The van der Waals surface area contributed by atoms with Crippen molar-refractivity contribution in [2.45, 2.75) is 6.61 Å². The molecule has 0 saturated heterocycles. The smallest absolute Gasteiger partial charge is 0.0694 e. The van der Waals surface area contributed by atoms with E-state index in [1.165, 1.54) is 0 Å². The highest BCUT2D eigenvalue weighted by atomic mass is 35.5. The van der Waals surface area contributed by atoms with Gasteiger partial charge in [-0.25, -0.2) is 0 Å². The molecule has 1 nitrogen and oxygen atoms in total. The zero-order valence-electron chi connectivity index (χ0n) is 5.84. The molecule has 0 bridgehead atoms. The van der Waals surface area contributed by atoms with Crippen LogP contribution in [-0.4, -0.2) is 5.11 Å². The number of benzene rings is 1. The molecule has 1 aromatic rings. The van der Waals surface area contributed by atoms with Gasteiger partial charge in [-0.05, 0) is 17.7 Å². The summed E-state index contributed by atoms with van der Waals surface area (Å²) in [5.74, 6) is 2.44. The van der Waals surface area contributed by atoms with Crippen molar-refractivity contribution >= 4 is 11.6 Å². The average molecular weight is 167 g/mol. The van der Waals surface area contributed by atoms with Crippen molar-refractivity contribution in [3.63, 3.8) is 0 Å². The van der Waals surface area contributed by atoms with Gasteiger partial charge in [0.25, 0.3) is 0 Å². The van der Waals surface area contributed by atoms with Crippen molar-refractivity contribution in [2.75, 3.05) is 0 Å². The third-order valence-corrected chi connectivity index (χ3v) is 1.63. The molecule has 11 heavy (non-hydrogen) atoms. The van der Waals surface area contributed by atoms with Crippen molar-refractivity contribution in [3.05, 3.63) is 34.3 Å². The first-order valence-electron chi connectivity index (χ1n) is 3.14. The SMILES string of the molecule is C#Cc1cc(Cl)ccc1CO. The number of hydrogen-bond donors (Lipinski definition) is 1. The second-order valence-corrected chi connectivity index (χ2v) is 2.54. The summed E-state index contributed by atoms with van der Waals surface area (Å²) in [5.41, 5.74) is 1.39. The predicted molar refractivity (Wildman–Crippen MR) is 45.3 cm³/mol. The molecule has 0 atom stereocenters. The molecule has 0 amide bonds. The molecule has 0 unspecified atom stereocenters. The first-order valence-corrected chi connectivity index (χ1v) is 3.51. The number of halogens is 1. The monoisotopic (exact) mass is 166 g/mol. The molecule has 2 heteroatoms. The van der Waals surface area contributed by atoms with Crippen molar-refractivity contribution in [3.8, 4) is 12.3 Å². The summed E-state index contributed by atoms with van der Waals surface area (Å²) in [6.45, 7) is -0.0449. The maximum atomic E-state index is 8.80. The van der Waals surface area contributed by atoms with Crippen LogP contribution in [0.15, 0.2) is 18.2 Å². The van der Waals surface area contributed by atoms with Gasteiger partial charge in [0, 0.05) is 10.6 Å². The lowest BCUT2D eigenvalue weighted by Gasteiger charge is -1.99. The number of aliphatic hydroxyl groups is 1. The molecule has 0 spiro atoms. The van der Waals surface area contributed by atoms with Crippen LogP contribution in [0, 0.1) is 12.3 Å². The lowest BCUT2D eigenvalue weighted by atomic mass is 10.1. The van der Waals surface area contributed by atoms with Crippen LogP contribution < -0.4 is 0 Å². The van der Waals surface area contributed by atoms with Crippen LogP contribution in [0.3, 0.4) is 0 Å². The lowest BCUT2D eigenvalue weighted by Crippen LogP contribution is -1.87. The summed E-state index contributed by atoms with van der Waals surface area (Å²) >= 11 is 5.68. The van der Waals surface area contributed by atoms with Gasteiger partial charge >= 0.3 is 0 Å². The molecular formula is C9H7ClO. The molecule has 0 aliphatic carbocycles. The summed E-state index contributed by atoms with van der Waals surface area (Å²) in [7, 11) is 0. The van der Waals surface area contributed by atoms with Gasteiger partial charge < -0.3 is 5.11 Å². The maximum Gasteiger partial charge on any atom is 0.0694 e. The predicted octanol–water partition coefficient (Wildman–Crippen LogP) is 1.81. The van der Waals surface area contributed by atoms with Gasteiger partial charge in [-0.3, -0.25) is 0 Å². The van der Waals surface area contributed by atoms with Crippen LogP contribution >= 0.6 is 11.6 Å². The van der Waals surface area contributed by atoms with Crippen LogP contribution in [0.1, 0.15) is 11.1 Å². The van der Waals surface area contributed by atoms with Gasteiger partial charge in [0.1, 0.15) is 0 Å². The molecule has 0 fully saturated rings. The van der Waals surface area contributed by atoms with Crippen molar-refractivity contribution in [2.24, 2.45) is 0 Å². The third kappa shape index (κ3) is 1.74. The van der Waals surface area contributed by atoms with Gasteiger partial charge in [-0.1, -0.05) is 23.6 Å². The fraction of sp³-hybridized carbons (Fsp3) is 0.111. The number of aliphatic hydroxyl groups excluding tert-OH is 1. The van der Waals surface area contributed by atoms with Crippen molar-refractivity contribution < 1.29 is 5.11 Å². The van der Waals surface area contributed by atoms with Gasteiger partial charge in [0.05, 0.1) is 6.61 Å². The van der Waals surface area contributed by atoms with Crippen LogP contribution in [0.2, 0.25) is 5.02 Å². The number of hydrogen-bond acceptors (Lipinski definition) is 1. The van der Waals surface area contributed by atoms with Gasteiger partial charge in [0.15, 0.2) is 0 Å². The Balaban J connectivity index is 3.19. The Hall–Kier alpha value is -0.970. The molecule has 1 aromatic carbocycles. The molecule has 1 rings (SSSR count). The molecule has 1 N–H and O–H groups in total. The maximum absolute atomic E-state index is 8.80. The fourth-order valence-electron chi connectivity index (χ4n) is 0.821. The van der Waals surface area contributed by atoms with E-state index in [1.807, 2.05) is 0 Å². The number of rotatable bonds is 1. The molecule has 0 aliphatic heterocycles. The molecule has 0 aromatic heterocycles. The Bertz CT molecular complexity index is 299. The van der Waals surface area contributed by atoms with E-state index in [-0.39, 0.29) is 6.61 Å². The first-order chi connectivity index (χ1) is 5.27. The summed E-state index contributed by atoms with van der Waals surface area (Å²) in [6, 6.07) is 5.08. The zero-order chi connectivity index (χ0) is 8.27. The highest BCUT2D eigenvalue weighted by Gasteiger charge is 1.98. The second kappa shape index (κ2) is 3.43. The van der Waals surface area contributed by atoms with E-state index in [4.69, 9.17) is 23.1 Å². The Kier molecular flexibility index (Phi) is 2.53. The van der Waals surface area contributed by atoms with Crippen molar-refractivity contribution in [1.29, 1.82) is 0 Å². The van der Waals surface area contributed by atoms with Gasteiger partial charge in [-0.15, -0.1) is 6.42 Å². The molecule has 56 valence electrons. The quantitative estimate of drug-likeness (QED) is 0.631. The minimum Gasteiger partial charge on any atom is -0.392 e. The molecule has 0 saturated carbocycles. The van der Waals surface area contributed by atoms with Crippen LogP contribution in [0.4, 0.5) is 0 Å². The molecule has 0 aliphatic rings. The van der Waals surface area contributed by atoms with E-state index in [1.54, 1.807) is 18.2 Å². The topological polar surface area (TPSA) is 20.2 Å². The Morgan fingerprint density at radius 2 is 2.27 bits per heavy atom. The Labute approximate surface area is 70.6 Å². The largest absolute Gasteiger partial charge is 0.392 e. The van der Waals surface area contributed by atoms with E-state index < -0.39 is 0 Å². The third-order valence-electron chi connectivity index (χ3n) is 1.40. The summed E-state index contributed by atoms with van der Waals surface area (Å²) < 4.78 is 0. The average Bonchev–Trinajstić information content (AvgIpc) is 2.04. The van der Waals surface area contributed by atoms with Crippen LogP contribution in [0.5, 0.6) is 0 Å². The van der Waals surface area contributed by atoms with Crippen LogP contribution in [0.25, 0.3) is 0 Å². The Morgan fingerprint density at radius 1 is 1.55 bits per heavy atom. The van der Waals surface area contributed by atoms with Gasteiger partial charge in [0.2, 0.25) is 0 Å². The highest BCUT2D eigenvalue weighted by Crippen LogP contribution is 2.14. The van der Waals surface area contributed by atoms with Crippen molar-refractivity contribution in [1.82, 2.24) is 0 Å². The van der Waals surface area contributed by atoms with Gasteiger partial charge in [-0.2, -0.15) is 0 Å². The number of terminal acetylenes is 1. The van der Waals surface area contributed by atoms with E-state index in [2.05, 4.69) is 5.92 Å². The normalized spacial score (nSPS) is 9.18. The lowest BCUT2D eigenvalue weighted by molar-refractivity contribution is 0.281. The van der Waals surface area contributed by atoms with E-state index in [0.717, 1.165) is 5.56 Å². The van der Waals surface area contributed by atoms with E-state index in [0.29, 0.717) is 10.6 Å².